The molecule has 0 aliphatic carbocycles. The van der Waals surface area contributed by atoms with Crippen molar-refractivity contribution in [2.45, 2.75) is 51.6 Å². The van der Waals surface area contributed by atoms with Crippen LogP contribution in [0.1, 0.15) is 43.7 Å². The van der Waals surface area contributed by atoms with Gasteiger partial charge in [-0.15, -0.1) is 0 Å². The molecule has 1 atom stereocenters. The van der Waals surface area contributed by atoms with Crippen molar-refractivity contribution in [2.24, 2.45) is 0 Å². The Bertz CT molecular complexity index is 1960. The summed E-state index contributed by atoms with van der Waals surface area (Å²) in [6, 6.07) is 17.7. The standard InChI is InChI=1S/C36H35F2N3O4/c1-3-26-28(37)14-13-23-16-25(45-21-43-2)17-27(31(23)26)34-33(38)35-32-29(18-30(42)41(35)19-22-10-6-4-7-11-22)40-15-9-5-8-12-24(40)20-44-36(32)39-34/h4,6-7,10-11,13-14,16-18,24H,3,5,8-9,12,15,19-21H2,1-2H3. The molecule has 7 nitrogen and oxygen atoms in total. The Balaban J connectivity index is 1.57. The van der Waals surface area contributed by atoms with Gasteiger partial charge in [-0.2, -0.15) is 0 Å². The molecule has 7 rings (SSSR count). The minimum atomic E-state index is -0.669. The highest BCUT2D eigenvalue weighted by molar-refractivity contribution is 6.04. The van der Waals surface area contributed by atoms with Gasteiger partial charge in [0.15, 0.2) is 12.6 Å². The number of pyridine rings is 2. The molecule has 0 spiro atoms. The van der Waals surface area contributed by atoms with Gasteiger partial charge in [0, 0.05) is 25.3 Å². The lowest BCUT2D eigenvalue weighted by molar-refractivity contribution is 0.0512. The van der Waals surface area contributed by atoms with Gasteiger partial charge in [-0.05, 0) is 59.4 Å². The number of fused-ring (bicyclic) bond motifs is 3. The van der Waals surface area contributed by atoms with Crippen molar-refractivity contribution in [1.82, 2.24) is 9.55 Å². The highest BCUT2D eigenvalue weighted by Crippen LogP contribution is 2.44. The van der Waals surface area contributed by atoms with Crippen molar-refractivity contribution >= 4 is 27.4 Å². The van der Waals surface area contributed by atoms with Crippen LogP contribution >= 0.6 is 0 Å². The van der Waals surface area contributed by atoms with E-state index in [9.17, 15) is 4.79 Å². The fourth-order valence-electron chi connectivity index (χ4n) is 6.90. The van der Waals surface area contributed by atoms with Gasteiger partial charge >= 0.3 is 0 Å². The third kappa shape index (κ3) is 5.19. The molecular weight excluding hydrogens is 576 g/mol. The predicted molar refractivity (Wildman–Crippen MR) is 171 cm³/mol. The smallest absolute Gasteiger partial charge is 0.253 e. The fraction of sp³-hybridized carbons (Fsp3) is 0.333. The number of aromatic nitrogens is 2. The molecule has 2 aliphatic rings. The normalized spacial score (nSPS) is 16.3. The lowest BCUT2D eigenvalue weighted by Crippen LogP contribution is -2.39. The van der Waals surface area contributed by atoms with Gasteiger partial charge in [0.25, 0.3) is 5.56 Å². The Morgan fingerprint density at radius 2 is 1.87 bits per heavy atom. The number of nitrogens with zero attached hydrogens (tertiary/aromatic N) is 3. The second kappa shape index (κ2) is 12.1. The Morgan fingerprint density at radius 1 is 1.02 bits per heavy atom. The van der Waals surface area contributed by atoms with E-state index in [1.807, 2.05) is 37.3 Å². The summed E-state index contributed by atoms with van der Waals surface area (Å²) >= 11 is 0. The second-order valence-electron chi connectivity index (χ2n) is 11.7. The molecule has 45 heavy (non-hydrogen) atoms. The first kappa shape index (κ1) is 29.2. The molecule has 2 aromatic heterocycles. The number of hydrogen-bond acceptors (Lipinski definition) is 6. The summed E-state index contributed by atoms with van der Waals surface area (Å²) in [6.45, 7) is 3.11. The van der Waals surface area contributed by atoms with Crippen LogP contribution in [0.25, 0.3) is 32.9 Å². The van der Waals surface area contributed by atoms with Crippen molar-refractivity contribution < 1.29 is 23.0 Å². The molecule has 2 aliphatic heterocycles. The highest BCUT2D eigenvalue weighted by atomic mass is 19.1. The van der Waals surface area contributed by atoms with Crippen molar-refractivity contribution in [3.8, 4) is 22.9 Å². The summed E-state index contributed by atoms with van der Waals surface area (Å²) in [5.41, 5.74) is 2.09. The number of hydrogen-bond donors (Lipinski definition) is 0. The molecule has 1 saturated heterocycles. The zero-order valence-electron chi connectivity index (χ0n) is 25.4. The molecule has 3 aromatic carbocycles. The maximum atomic E-state index is 17.4. The first-order chi connectivity index (χ1) is 22.0. The SMILES string of the molecule is CCc1c(F)ccc2cc(OCOC)cc(-c3nc4c5c(cc(=O)n(Cc6ccccc6)c5c3F)N3CCCCCC3CO4)c12. The monoisotopic (exact) mass is 611 g/mol. The van der Waals surface area contributed by atoms with E-state index in [1.54, 1.807) is 24.3 Å². The molecule has 0 saturated carbocycles. The zero-order chi connectivity index (χ0) is 31.1. The topological polar surface area (TPSA) is 65.8 Å². The number of benzene rings is 3. The molecule has 0 N–H and O–H groups in total. The van der Waals surface area contributed by atoms with Crippen molar-refractivity contribution in [3.05, 3.63) is 93.8 Å². The van der Waals surface area contributed by atoms with Gasteiger partial charge < -0.3 is 23.7 Å². The van der Waals surface area contributed by atoms with Crippen LogP contribution < -0.4 is 19.9 Å². The number of halogens is 2. The third-order valence-corrected chi connectivity index (χ3v) is 9.01. The minimum Gasteiger partial charge on any atom is -0.475 e. The number of rotatable bonds is 7. The molecule has 0 bridgehead atoms. The van der Waals surface area contributed by atoms with E-state index in [1.165, 1.54) is 17.7 Å². The van der Waals surface area contributed by atoms with Gasteiger partial charge in [-0.3, -0.25) is 4.79 Å². The number of ether oxygens (including phenoxy) is 3. The molecule has 4 heterocycles. The maximum absolute atomic E-state index is 17.4. The lowest BCUT2D eigenvalue weighted by Gasteiger charge is -2.30. The van der Waals surface area contributed by atoms with E-state index in [0.717, 1.165) is 37.8 Å². The zero-order valence-corrected chi connectivity index (χ0v) is 25.4. The average Bonchev–Trinajstić information content (AvgIpc) is 3.37. The molecule has 0 amide bonds. The molecule has 1 unspecified atom stereocenters. The molecule has 1 fully saturated rings. The largest absolute Gasteiger partial charge is 0.475 e. The second-order valence-corrected chi connectivity index (χ2v) is 11.7. The van der Waals surface area contributed by atoms with Crippen LogP contribution in [0.2, 0.25) is 0 Å². The van der Waals surface area contributed by atoms with Crippen LogP contribution in [-0.4, -0.2) is 42.6 Å². The van der Waals surface area contributed by atoms with Crippen molar-refractivity contribution in [1.29, 1.82) is 0 Å². The molecule has 0 radical (unpaired) electrons. The highest BCUT2D eigenvalue weighted by Gasteiger charge is 2.33. The molecule has 232 valence electrons. The molecule has 9 heteroatoms. The lowest BCUT2D eigenvalue weighted by atomic mass is 9.94. The molecular formula is C36H35F2N3O4. The van der Waals surface area contributed by atoms with E-state index >= 15 is 8.78 Å². The van der Waals surface area contributed by atoms with Crippen LogP contribution in [0.5, 0.6) is 11.6 Å². The predicted octanol–water partition coefficient (Wildman–Crippen LogP) is 7.23. The summed E-state index contributed by atoms with van der Waals surface area (Å²) in [5, 5.41) is 1.69. The van der Waals surface area contributed by atoms with Crippen molar-refractivity contribution in [2.75, 3.05) is 32.0 Å². The summed E-state index contributed by atoms with van der Waals surface area (Å²) in [7, 11) is 1.52. The minimum absolute atomic E-state index is 0.0219. The van der Waals surface area contributed by atoms with Crippen LogP contribution in [0.15, 0.2) is 65.5 Å². The fourth-order valence-corrected chi connectivity index (χ4v) is 6.90. The van der Waals surface area contributed by atoms with Crippen LogP contribution in [0.4, 0.5) is 14.5 Å². The van der Waals surface area contributed by atoms with Gasteiger partial charge in [0.05, 0.1) is 29.2 Å². The number of aryl methyl sites for hydroxylation is 1. The quantitative estimate of drug-likeness (QED) is 0.181. The van der Waals surface area contributed by atoms with Gasteiger partial charge in [0.2, 0.25) is 5.88 Å². The van der Waals surface area contributed by atoms with E-state index in [-0.39, 0.29) is 47.8 Å². The Kier molecular flexibility index (Phi) is 7.87. The summed E-state index contributed by atoms with van der Waals surface area (Å²) in [4.78, 5) is 21.0. The van der Waals surface area contributed by atoms with E-state index < -0.39 is 5.82 Å². The van der Waals surface area contributed by atoms with Crippen LogP contribution in [-0.2, 0) is 17.7 Å². The first-order valence-corrected chi connectivity index (χ1v) is 15.6. The summed E-state index contributed by atoms with van der Waals surface area (Å²) in [5.74, 6) is -0.373. The van der Waals surface area contributed by atoms with E-state index in [0.29, 0.717) is 51.8 Å². The molecule has 5 aromatic rings. The first-order valence-electron chi connectivity index (χ1n) is 15.6. The van der Waals surface area contributed by atoms with Gasteiger partial charge in [-0.25, -0.2) is 13.8 Å². The third-order valence-electron chi connectivity index (χ3n) is 9.01. The van der Waals surface area contributed by atoms with Crippen LogP contribution in [0, 0.1) is 11.6 Å². The Labute approximate surface area is 260 Å². The Morgan fingerprint density at radius 3 is 2.67 bits per heavy atom. The summed E-state index contributed by atoms with van der Waals surface area (Å²) < 4.78 is 51.5. The average molecular weight is 612 g/mol. The van der Waals surface area contributed by atoms with E-state index in [2.05, 4.69) is 4.90 Å². The van der Waals surface area contributed by atoms with Gasteiger partial charge in [-0.1, -0.05) is 56.2 Å². The van der Waals surface area contributed by atoms with E-state index in [4.69, 9.17) is 19.2 Å². The number of methoxy groups -OCH3 is 1. The summed E-state index contributed by atoms with van der Waals surface area (Å²) in [6.07, 6.45) is 4.39. The van der Waals surface area contributed by atoms with Gasteiger partial charge in [0.1, 0.15) is 23.9 Å². The van der Waals surface area contributed by atoms with Crippen LogP contribution in [0.3, 0.4) is 0 Å². The maximum Gasteiger partial charge on any atom is 0.253 e. The Hall–Kier alpha value is -4.50. The number of anilines is 1. The van der Waals surface area contributed by atoms with Crippen molar-refractivity contribution in [3.63, 3.8) is 0 Å².